The van der Waals surface area contributed by atoms with Crippen molar-refractivity contribution in [3.63, 3.8) is 0 Å². The Labute approximate surface area is 268 Å². The van der Waals surface area contributed by atoms with Gasteiger partial charge in [-0.2, -0.15) is 0 Å². The van der Waals surface area contributed by atoms with Crippen LogP contribution in [-0.2, 0) is 0 Å². The molecule has 0 aliphatic heterocycles. The summed E-state index contributed by atoms with van der Waals surface area (Å²) in [6.07, 6.45) is 0. The number of rotatable bonds is 4. The van der Waals surface area contributed by atoms with Gasteiger partial charge >= 0.3 is 7.12 Å². The van der Waals surface area contributed by atoms with Gasteiger partial charge in [0.25, 0.3) is 0 Å². The summed E-state index contributed by atoms with van der Waals surface area (Å²) in [5.74, 6) is -1.15. The Balaban J connectivity index is 0.000000234. The molecule has 12 heteroatoms. The van der Waals surface area contributed by atoms with E-state index in [0.717, 1.165) is 20.1 Å². The van der Waals surface area contributed by atoms with E-state index in [2.05, 4.69) is 47.8 Å². The third-order valence-electron chi connectivity index (χ3n) is 5.97. The van der Waals surface area contributed by atoms with E-state index < -0.39 is 30.4 Å². The summed E-state index contributed by atoms with van der Waals surface area (Å²) < 4.78 is 64.8. The van der Waals surface area contributed by atoms with Crippen LogP contribution >= 0.6 is 47.8 Å². The fourth-order valence-electron chi connectivity index (χ4n) is 3.80. The molecule has 0 amide bonds. The standard InChI is InChI=1S/C15H13BrF2O.C8H10BBrO3.C7H5BrF2/c1-8-6-11(15(19-3)12(16)7-8)10-4-5-13(17)9(2)14(10)18;1-5-3-6(9(11)12)8(13-2)7(10)4-5;1-4-6(9)3-2-5(8)7(4)10/h4-7H,1-3H3;3-4,11-12H,1-2H3;2-3H,1H3. The normalized spacial score (nSPS) is 10.3. The molecular weight excluding hydrogens is 751 g/mol. The predicted molar refractivity (Wildman–Crippen MR) is 170 cm³/mol. The van der Waals surface area contributed by atoms with Gasteiger partial charge in [-0.3, -0.25) is 0 Å². The maximum atomic E-state index is 14.2. The van der Waals surface area contributed by atoms with Gasteiger partial charge in [0.05, 0.1) is 27.6 Å². The van der Waals surface area contributed by atoms with Crippen molar-refractivity contribution in [1.82, 2.24) is 0 Å². The second kappa shape index (κ2) is 15.9. The van der Waals surface area contributed by atoms with E-state index in [-0.39, 0.29) is 11.1 Å². The molecule has 0 spiro atoms. The van der Waals surface area contributed by atoms with Gasteiger partial charge in [-0.25, -0.2) is 17.6 Å². The molecule has 4 rings (SSSR count). The van der Waals surface area contributed by atoms with Crippen LogP contribution in [0.15, 0.2) is 61.9 Å². The molecule has 0 aliphatic carbocycles. The van der Waals surface area contributed by atoms with Crippen molar-refractivity contribution in [2.24, 2.45) is 0 Å². The minimum Gasteiger partial charge on any atom is -0.496 e. The zero-order valence-electron chi connectivity index (χ0n) is 23.6. The molecule has 4 aromatic carbocycles. The smallest absolute Gasteiger partial charge is 0.492 e. The van der Waals surface area contributed by atoms with E-state index in [1.165, 1.54) is 52.3 Å². The molecule has 0 saturated heterocycles. The van der Waals surface area contributed by atoms with Crippen LogP contribution in [0.25, 0.3) is 11.1 Å². The van der Waals surface area contributed by atoms with Gasteiger partial charge in [-0.05, 0) is 124 Å². The maximum Gasteiger partial charge on any atom is 0.492 e. The Hall–Kier alpha value is -2.38. The quantitative estimate of drug-likeness (QED) is 0.124. The van der Waals surface area contributed by atoms with Crippen molar-refractivity contribution >= 4 is 60.4 Å². The van der Waals surface area contributed by atoms with Crippen molar-refractivity contribution in [2.75, 3.05) is 14.2 Å². The average Bonchev–Trinajstić information content (AvgIpc) is 2.93. The highest BCUT2D eigenvalue weighted by atomic mass is 79.9. The number of benzene rings is 4. The molecule has 0 fully saturated rings. The molecule has 224 valence electrons. The molecule has 0 bridgehead atoms. The van der Waals surface area contributed by atoms with Crippen molar-refractivity contribution in [3.05, 3.63) is 107 Å². The van der Waals surface area contributed by atoms with Crippen LogP contribution < -0.4 is 14.9 Å². The Morgan fingerprint density at radius 1 is 0.595 bits per heavy atom. The fraction of sp³-hybridized carbons (Fsp3) is 0.200. The minimum atomic E-state index is -1.51. The number of methoxy groups -OCH3 is 2. The lowest BCUT2D eigenvalue weighted by Gasteiger charge is -2.14. The Kier molecular flexibility index (Phi) is 13.6. The topological polar surface area (TPSA) is 58.9 Å². The van der Waals surface area contributed by atoms with Gasteiger partial charge in [0.15, 0.2) is 0 Å². The molecule has 4 aromatic rings. The predicted octanol–water partition coefficient (Wildman–Crippen LogP) is 8.50. The highest BCUT2D eigenvalue weighted by molar-refractivity contribution is 9.11. The van der Waals surface area contributed by atoms with Crippen molar-refractivity contribution < 1.29 is 37.1 Å². The Morgan fingerprint density at radius 2 is 1.07 bits per heavy atom. The van der Waals surface area contributed by atoms with Crippen LogP contribution in [0.2, 0.25) is 0 Å². The number of aryl methyl sites for hydroxylation is 2. The third-order valence-corrected chi connectivity index (χ3v) is 7.77. The van der Waals surface area contributed by atoms with E-state index in [1.807, 2.05) is 32.0 Å². The van der Waals surface area contributed by atoms with Crippen LogP contribution in [0, 0.1) is 51.0 Å². The average molecular weight is 779 g/mol. The SMILES string of the molecule is COc1c(Br)cc(C)cc1-c1ccc(F)c(C)c1F.COc1c(Br)cc(C)cc1B(O)O.Cc1c(F)ccc(Br)c1F. The van der Waals surface area contributed by atoms with Crippen molar-refractivity contribution in [3.8, 4) is 22.6 Å². The summed E-state index contributed by atoms with van der Waals surface area (Å²) in [7, 11) is 1.50. The van der Waals surface area contributed by atoms with E-state index >= 15 is 0 Å². The molecule has 0 aromatic heterocycles. The number of hydrogen-bond acceptors (Lipinski definition) is 4. The van der Waals surface area contributed by atoms with Gasteiger partial charge in [0.2, 0.25) is 0 Å². The lowest BCUT2D eigenvalue weighted by molar-refractivity contribution is 0.401. The van der Waals surface area contributed by atoms with Crippen LogP contribution in [0.5, 0.6) is 11.5 Å². The van der Waals surface area contributed by atoms with Gasteiger partial charge in [-0.15, -0.1) is 0 Å². The summed E-state index contributed by atoms with van der Waals surface area (Å²) in [4.78, 5) is 0. The molecule has 0 aliphatic rings. The van der Waals surface area contributed by atoms with E-state index in [4.69, 9.17) is 19.5 Å². The van der Waals surface area contributed by atoms with Crippen molar-refractivity contribution in [2.45, 2.75) is 27.7 Å². The largest absolute Gasteiger partial charge is 0.496 e. The first-order valence-electron chi connectivity index (χ1n) is 12.2. The molecule has 2 N–H and O–H groups in total. The summed E-state index contributed by atoms with van der Waals surface area (Å²) in [6.45, 7) is 6.60. The maximum absolute atomic E-state index is 14.2. The summed E-state index contributed by atoms with van der Waals surface area (Å²) in [6, 6.07) is 12.5. The molecule has 0 radical (unpaired) electrons. The lowest BCUT2D eigenvalue weighted by atomic mass is 9.79. The summed E-state index contributed by atoms with van der Waals surface area (Å²) >= 11 is 9.61. The Morgan fingerprint density at radius 3 is 1.57 bits per heavy atom. The first kappa shape index (κ1) is 35.8. The fourth-order valence-corrected chi connectivity index (χ4v) is 5.72. The first-order valence-corrected chi connectivity index (χ1v) is 14.6. The zero-order valence-corrected chi connectivity index (χ0v) is 28.3. The van der Waals surface area contributed by atoms with Crippen LogP contribution in [-0.4, -0.2) is 31.4 Å². The van der Waals surface area contributed by atoms with Gasteiger partial charge < -0.3 is 19.5 Å². The van der Waals surface area contributed by atoms with Crippen LogP contribution in [0.1, 0.15) is 22.3 Å². The van der Waals surface area contributed by atoms with Crippen LogP contribution in [0.3, 0.4) is 0 Å². The zero-order chi connectivity index (χ0) is 31.9. The molecule has 4 nitrogen and oxygen atoms in total. The lowest BCUT2D eigenvalue weighted by Crippen LogP contribution is -2.31. The second-order valence-electron chi connectivity index (χ2n) is 9.07. The van der Waals surface area contributed by atoms with Gasteiger partial charge in [-0.1, -0.05) is 11.6 Å². The summed E-state index contributed by atoms with van der Waals surface area (Å²) in [5.41, 5.74) is 3.27. The highest BCUT2D eigenvalue weighted by Crippen LogP contribution is 2.39. The molecule has 0 atom stereocenters. The summed E-state index contributed by atoms with van der Waals surface area (Å²) in [5, 5.41) is 18.1. The molecule has 0 unspecified atom stereocenters. The third kappa shape index (κ3) is 8.82. The number of ether oxygens (including phenoxy) is 2. The second-order valence-corrected chi connectivity index (χ2v) is 11.6. The van der Waals surface area contributed by atoms with Crippen LogP contribution in [0.4, 0.5) is 17.6 Å². The van der Waals surface area contributed by atoms with Crippen molar-refractivity contribution in [1.29, 1.82) is 0 Å². The van der Waals surface area contributed by atoms with E-state index in [9.17, 15) is 17.6 Å². The molecule has 0 heterocycles. The molecular formula is C30H28BBr3F4O4. The Bertz CT molecular complexity index is 1540. The molecule has 0 saturated carbocycles. The van der Waals surface area contributed by atoms with Gasteiger partial charge in [0.1, 0.15) is 34.8 Å². The van der Waals surface area contributed by atoms with E-state index in [1.54, 1.807) is 6.07 Å². The monoisotopic (exact) mass is 776 g/mol. The highest BCUT2D eigenvalue weighted by Gasteiger charge is 2.19. The minimum absolute atomic E-state index is 0.0113. The first-order chi connectivity index (χ1) is 19.6. The van der Waals surface area contributed by atoms with Gasteiger partial charge in [0, 0.05) is 27.7 Å². The number of halogens is 7. The molecule has 42 heavy (non-hydrogen) atoms. The van der Waals surface area contributed by atoms with E-state index in [0.29, 0.717) is 32.6 Å². The number of hydrogen-bond donors (Lipinski definition) is 2.